The molecule has 1 N–H and O–H groups in total. The number of tetrazole rings is 1. The van der Waals surface area contributed by atoms with Crippen LogP contribution in [0.25, 0.3) is 0 Å². The molecular weight excluding hydrogens is 258 g/mol. The van der Waals surface area contributed by atoms with Gasteiger partial charge in [-0.15, -0.1) is 5.10 Å². The topological polar surface area (TPSA) is 84.1 Å². The van der Waals surface area contributed by atoms with Crippen molar-refractivity contribution in [3.05, 3.63) is 5.82 Å². The lowest BCUT2D eigenvalue weighted by Gasteiger charge is -2.39. The van der Waals surface area contributed by atoms with E-state index in [0.717, 1.165) is 38.2 Å². The first-order valence-corrected chi connectivity index (χ1v) is 7.32. The van der Waals surface area contributed by atoms with Gasteiger partial charge in [0.2, 0.25) is 0 Å². The molecule has 0 saturated carbocycles. The second kappa shape index (κ2) is 6.30. The zero-order valence-corrected chi connectivity index (χ0v) is 12.2. The predicted molar refractivity (Wildman–Crippen MR) is 73.0 cm³/mol. The summed E-state index contributed by atoms with van der Waals surface area (Å²) in [7, 11) is 0. The maximum atomic E-state index is 11.6. The molecule has 1 aliphatic heterocycles. The van der Waals surface area contributed by atoms with Crippen LogP contribution in [0.5, 0.6) is 0 Å². The highest BCUT2D eigenvalue weighted by Gasteiger charge is 2.40. The third-order valence-corrected chi connectivity index (χ3v) is 4.19. The molecular formula is C13H23N5O2. The predicted octanol–water partition coefficient (Wildman–Crippen LogP) is 1.16. The molecule has 0 aliphatic carbocycles. The summed E-state index contributed by atoms with van der Waals surface area (Å²) in [6.45, 7) is 6.96. The fourth-order valence-corrected chi connectivity index (χ4v) is 2.90. The van der Waals surface area contributed by atoms with Gasteiger partial charge >= 0.3 is 5.97 Å². The fraction of sp³-hybridized carbons (Fsp3) is 0.846. The van der Waals surface area contributed by atoms with Gasteiger partial charge in [0, 0.05) is 13.1 Å². The van der Waals surface area contributed by atoms with Gasteiger partial charge in [-0.1, -0.05) is 13.8 Å². The molecule has 1 unspecified atom stereocenters. The number of carbonyl (C=O) groups is 1. The van der Waals surface area contributed by atoms with Crippen molar-refractivity contribution < 1.29 is 9.90 Å². The lowest BCUT2D eigenvalue weighted by atomic mass is 9.77. The average molecular weight is 281 g/mol. The second-order valence-corrected chi connectivity index (χ2v) is 5.57. The third-order valence-electron chi connectivity index (χ3n) is 4.19. The maximum absolute atomic E-state index is 11.6. The molecule has 7 nitrogen and oxygen atoms in total. The maximum Gasteiger partial charge on any atom is 0.310 e. The number of nitrogens with zero attached hydrogens (tertiary/aromatic N) is 5. The monoisotopic (exact) mass is 281 g/mol. The average Bonchev–Trinajstić information content (AvgIpc) is 2.86. The van der Waals surface area contributed by atoms with Gasteiger partial charge < -0.3 is 5.11 Å². The molecule has 1 saturated heterocycles. The van der Waals surface area contributed by atoms with E-state index in [1.54, 1.807) is 0 Å². The molecule has 0 bridgehead atoms. The summed E-state index contributed by atoms with van der Waals surface area (Å²) in [4.78, 5) is 13.7. The molecule has 1 aromatic rings. The molecule has 0 radical (unpaired) electrons. The minimum absolute atomic E-state index is 0.581. The van der Waals surface area contributed by atoms with Gasteiger partial charge in [-0.25, -0.2) is 4.68 Å². The standard InChI is InChI=1S/C13H23N5O2/c1-3-7-18-11(14-15-16-18)9-17-8-5-6-13(4-2,10-17)12(19)20/h3-10H2,1-2H3,(H,19,20). The SMILES string of the molecule is CCCn1nnnc1CN1CCCC(CC)(C(=O)O)C1. The van der Waals surface area contributed by atoms with Gasteiger partial charge in [0.05, 0.1) is 12.0 Å². The summed E-state index contributed by atoms with van der Waals surface area (Å²) in [6.07, 6.45) is 3.31. The van der Waals surface area contributed by atoms with E-state index >= 15 is 0 Å². The highest BCUT2D eigenvalue weighted by atomic mass is 16.4. The van der Waals surface area contributed by atoms with Gasteiger partial charge in [-0.3, -0.25) is 9.69 Å². The first kappa shape index (κ1) is 14.9. The van der Waals surface area contributed by atoms with Crippen molar-refractivity contribution in [3.63, 3.8) is 0 Å². The van der Waals surface area contributed by atoms with Crippen molar-refractivity contribution in [2.75, 3.05) is 13.1 Å². The number of carboxylic acid groups (broad SMARTS) is 1. The zero-order chi connectivity index (χ0) is 14.6. The highest BCUT2D eigenvalue weighted by molar-refractivity contribution is 5.75. The van der Waals surface area contributed by atoms with E-state index in [9.17, 15) is 9.90 Å². The van der Waals surface area contributed by atoms with E-state index in [1.807, 2.05) is 11.6 Å². The number of aromatic nitrogens is 4. The number of likely N-dealkylation sites (tertiary alicyclic amines) is 1. The van der Waals surface area contributed by atoms with Crippen LogP contribution in [-0.4, -0.2) is 49.3 Å². The number of aliphatic carboxylic acids is 1. The van der Waals surface area contributed by atoms with E-state index in [1.165, 1.54) is 0 Å². The number of hydrogen-bond donors (Lipinski definition) is 1. The Kier molecular flexibility index (Phi) is 4.69. The van der Waals surface area contributed by atoms with Crippen molar-refractivity contribution >= 4 is 5.97 Å². The number of aryl methyl sites for hydroxylation is 1. The van der Waals surface area contributed by atoms with Crippen molar-refractivity contribution in [2.24, 2.45) is 5.41 Å². The number of piperidine rings is 1. The molecule has 0 amide bonds. The van der Waals surface area contributed by atoms with E-state index < -0.39 is 11.4 Å². The third kappa shape index (κ3) is 2.98. The molecule has 112 valence electrons. The molecule has 1 aromatic heterocycles. The van der Waals surface area contributed by atoms with E-state index in [2.05, 4.69) is 27.3 Å². The van der Waals surface area contributed by atoms with Crippen LogP contribution >= 0.6 is 0 Å². The molecule has 1 atom stereocenters. The van der Waals surface area contributed by atoms with Crippen LogP contribution in [0.2, 0.25) is 0 Å². The first-order valence-electron chi connectivity index (χ1n) is 7.32. The van der Waals surface area contributed by atoms with E-state index in [-0.39, 0.29) is 0 Å². The van der Waals surface area contributed by atoms with Crippen LogP contribution in [0.3, 0.4) is 0 Å². The Bertz CT molecular complexity index is 461. The summed E-state index contributed by atoms with van der Waals surface area (Å²) in [5.41, 5.74) is -0.610. The van der Waals surface area contributed by atoms with Gasteiger partial charge in [0.25, 0.3) is 0 Å². The summed E-state index contributed by atoms with van der Waals surface area (Å²) in [5, 5.41) is 21.3. The van der Waals surface area contributed by atoms with Crippen LogP contribution in [0.1, 0.15) is 45.4 Å². The fourth-order valence-electron chi connectivity index (χ4n) is 2.90. The molecule has 0 aromatic carbocycles. The number of carboxylic acids is 1. The summed E-state index contributed by atoms with van der Waals surface area (Å²) in [5.74, 6) is 0.141. The molecule has 1 aliphatic rings. The van der Waals surface area contributed by atoms with Crippen LogP contribution in [0, 0.1) is 5.41 Å². The highest BCUT2D eigenvalue weighted by Crippen LogP contribution is 2.34. The Morgan fingerprint density at radius 1 is 1.45 bits per heavy atom. The van der Waals surface area contributed by atoms with Crippen molar-refractivity contribution in [2.45, 2.75) is 52.6 Å². The zero-order valence-electron chi connectivity index (χ0n) is 12.2. The molecule has 2 heterocycles. The van der Waals surface area contributed by atoms with Crippen LogP contribution in [0.4, 0.5) is 0 Å². The van der Waals surface area contributed by atoms with Gasteiger partial charge in [0.1, 0.15) is 0 Å². The van der Waals surface area contributed by atoms with Crippen molar-refractivity contribution in [1.29, 1.82) is 0 Å². The minimum atomic E-state index is -0.683. The Balaban J connectivity index is 2.06. The minimum Gasteiger partial charge on any atom is -0.481 e. The summed E-state index contributed by atoms with van der Waals surface area (Å²) in [6, 6.07) is 0. The molecule has 2 rings (SSSR count). The number of hydrogen-bond acceptors (Lipinski definition) is 5. The van der Waals surface area contributed by atoms with E-state index in [4.69, 9.17) is 0 Å². The van der Waals surface area contributed by atoms with Crippen LogP contribution < -0.4 is 0 Å². The first-order chi connectivity index (χ1) is 9.61. The van der Waals surface area contributed by atoms with Gasteiger partial charge in [-0.2, -0.15) is 0 Å². The summed E-state index contributed by atoms with van der Waals surface area (Å²) < 4.78 is 1.81. The lowest BCUT2D eigenvalue weighted by Crippen LogP contribution is -2.47. The van der Waals surface area contributed by atoms with Crippen molar-refractivity contribution in [1.82, 2.24) is 25.1 Å². The Labute approximate surface area is 119 Å². The Morgan fingerprint density at radius 3 is 2.90 bits per heavy atom. The van der Waals surface area contributed by atoms with Gasteiger partial charge in [-0.05, 0) is 42.7 Å². The van der Waals surface area contributed by atoms with Gasteiger partial charge in [0.15, 0.2) is 5.82 Å². The number of rotatable bonds is 6. The Hall–Kier alpha value is -1.50. The lowest BCUT2D eigenvalue weighted by molar-refractivity contribution is -0.153. The quantitative estimate of drug-likeness (QED) is 0.842. The summed E-state index contributed by atoms with van der Waals surface area (Å²) >= 11 is 0. The van der Waals surface area contributed by atoms with Crippen molar-refractivity contribution in [3.8, 4) is 0 Å². The van der Waals surface area contributed by atoms with Crippen LogP contribution in [-0.2, 0) is 17.9 Å². The smallest absolute Gasteiger partial charge is 0.310 e. The van der Waals surface area contributed by atoms with Crippen LogP contribution in [0.15, 0.2) is 0 Å². The molecule has 20 heavy (non-hydrogen) atoms. The molecule has 7 heteroatoms. The largest absolute Gasteiger partial charge is 0.481 e. The normalized spacial score (nSPS) is 23.9. The second-order valence-electron chi connectivity index (χ2n) is 5.57. The Morgan fingerprint density at radius 2 is 2.25 bits per heavy atom. The van der Waals surface area contributed by atoms with E-state index in [0.29, 0.717) is 19.5 Å². The molecule has 1 fully saturated rings. The molecule has 0 spiro atoms.